The van der Waals surface area contributed by atoms with Gasteiger partial charge in [0.2, 0.25) is 5.89 Å². The molecule has 27 heavy (non-hydrogen) atoms. The fraction of sp³-hybridized carbons (Fsp3) is 0.524. The highest BCUT2D eigenvalue weighted by atomic mass is 16.3. The predicted molar refractivity (Wildman–Crippen MR) is 112 cm³/mol. The molecule has 0 amide bonds. The summed E-state index contributed by atoms with van der Waals surface area (Å²) in [5.41, 5.74) is 3.15. The largest absolute Gasteiger partial charge is 0.444 e. The summed E-state index contributed by atoms with van der Waals surface area (Å²) in [6, 6.07) is 8.15. The van der Waals surface area contributed by atoms with Crippen molar-refractivity contribution in [2.24, 2.45) is 10.4 Å². The second-order valence-electron chi connectivity index (χ2n) is 7.96. The molecule has 6 nitrogen and oxygen atoms in total. The van der Waals surface area contributed by atoms with Crippen molar-refractivity contribution < 1.29 is 4.42 Å². The van der Waals surface area contributed by atoms with E-state index < -0.39 is 0 Å². The number of aromatic nitrogens is 1. The van der Waals surface area contributed by atoms with Crippen LogP contribution in [0.4, 0.5) is 0 Å². The zero-order valence-corrected chi connectivity index (χ0v) is 17.5. The molecular formula is C21H33N5O. The third-order valence-electron chi connectivity index (χ3n) is 4.07. The molecule has 148 valence electrons. The minimum Gasteiger partial charge on any atom is -0.444 e. The maximum absolute atomic E-state index is 5.61. The average Bonchev–Trinajstić information content (AvgIpc) is 3.06. The Kier molecular flexibility index (Phi) is 7.42. The van der Waals surface area contributed by atoms with Crippen molar-refractivity contribution in [2.75, 3.05) is 33.7 Å². The molecule has 2 N–H and O–H groups in total. The molecule has 0 aliphatic carbocycles. The number of hydrogen-bond acceptors (Lipinski definition) is 4. The molecule has 0 spiro atoms. The van der Waals surface area contributed by atoms with Crippen LogP contribution in [0, 0.1) is 12.3 Å². The van der Waals surface area contributed by atoms with Crippen molar-refractivity contribution >= 4 is 5.96 Å². The maximum atomic E-state index is 5.61. The molecule has 0 aliphatic rings. The van der Waals surface area contributed by atoms with Crippen LogP contribution >= 0.6 is 0 Å². The van der Waals surface area contributed by atoms with Crippen molar-refractivity contribution in [1.82, 2.24) is 20.5 Å². The Morgan fingerprint density at radius 1 is 1.19 bits per heavy atom. The van der Waals surface area contributed by atoms with Gasteiger partial charge in [0.05, 0.1) is 6.54 Å². The molecule has 2 aromatic rings. The van der Waals surface area contributed by atoms with E-state index in [9.17, 15) is 0 Å². The number of aliphatic imine (C=N–C) groups is 1. The van der Waals surface area contributed by atoms with Gasteiger partial charge >= 0.3 is 0 Å². The van der Waals surface area contributed by atoms with E-state index in [1.807, 2.05) is 12.1 Å². The summed E-state index contributed by atoms with van der Waals surface area (Å²) < 4.78 is 5.61. The van der Waals surface area contributed by atoms with Gasteiger partial charge in [-0.1, -0.05) is 31.5 Å². The molecule has 1 heterocycles. The highest BCUT2D eigenvalue weighted by Gasteiger charge is 2.19. The quantitative estimate of drug-likeness (QED) is 0.551. The lowest BCUT2D eigenvalue weighted by molar-refractivity contribution is 0.241. The van der Waals surface area contributed by atoms with E-state index in [0.29, 0.717) is 12.4 Å². The summed E-state index contributed by atoms with van der Waals surface area (Å²) in [6.45, 7) is 11.7. The molecule has 2 rings (SSSR count). The van der Waals surface area contributed by atoms with E-state index in [1.165, 1.54) is 5.56 Å². The van der Waals surface area contributed by atoms with Crippen molar-refractivity contribution in [2.45, 2.75) is 34.2 Å². The lowest BCUT2D eigenvalue weighted by Crippen LogP contribution is -2.44. The van der Waals surface area contributed by atoms with E-state index in [1.54, 1.807) is 6.26 Å². The number of benzene rings is 1. The minimum atomic E-state index is 0.145. The summed E-state index contributed by atoms with van der Waals surface area (Å²) >= 11 is 0. The second-order valence-corrected chi connectivity index (χ2v) is 7.96. The standard InChI is InChI=1S/C21H33N5O/c1-7-22-20(24-14-21(3,4)15-26(5)6)23-12-18-13-27-19(25-18)17-10-8-16(2)9-11-17/h8-11,13H,7,12,14-15H2,1-6H3,(H2,22,23,24). The number of guanidine groups is 1. The van der Waals surface area contributed by atoms with Crippen molar-refractivity contribution in [3.05, 3.63) is 41.8 Å². The lowest BCUT2D eigenvalue weighted by atomic mass is 9.93. The molecule has 0 fully saturated rings. The van der Waals surface area contributed by atoms with Gasteiger partial charge in [0, 0.05) is 25.2 Å². The van der Waals surface area contributed by atoms with Gasteiger partial charge in [0.15, 0.2) is 5.96 Å². The van der Waals surface area contributed by atoms with Gasteiger partial charge in [0.1, 0.15) is 12.0 Å². The summed E-state index contributed by atoms with van der Waals surface area (Å²) in [4.78, 5) is 11.4. The minimum absolute atomic E-state index is 0.145. The third-order valence-corrected chi connectivity index (χ3v) is 4.07. The number of aryl methyl sites for hydroxylation is 1. The molecule has 6 heteroatoms. The van der Waals surface area contributed by atoms with E-state index in [2.05, 4.69) is 79.4 Å². The fourth-order valence-corrected chi connectivity index (χ4v) is 2.95. The Balaban J connectivity index is 1.99. The summed E-state index contributed by atoms with van der Waals surface area (Å²) in [5.74, 6) is 1.43. The zero-order chi connectivity index (χ0) is 19.9. The lowest BCUT2D eigenvalue weighted by Gasteiger charge is -2.29. The summed E-state index contributed by atoms with van der Waals surface area (Å²) in [7, 11) is 4.19. The van der Waals surface area contributed by atoms with Crippen molar-refractivity contribution in [3.63, 3.8) is 0 Å². The van der Waals surface area contributed by atoms with Gasteiger partial charge in [0.25, 0.3) is 0 Å². The Morgan fingerprint density at radius 3 is 2.52 bits per heavy atom. The van der Waals surface area contributed by atoms with Gasteiger partial charge in [-0.2, -0.15) is 0 Å². The van der Waals surface area contributed by atoms with E-state index in [0.717, 1.165) is 36.9 Å². The Hall–Kier alpha value is -2.34. The molecule has 1 aromatic carbocycles. The number of hydrogen-bond donors (Lipinski definition) is 2. The highest BCUT2D eigenvalue weighted by molar-refractivity contribution is 5.79. The molecule has 0 unspecified atom stereocenters. The van der Waals surface area contributed by atoms with Crippen LogP contribution in [0.25, 0.3) is 11.5 Å². The van der Waals surface area contributed by atoms with Crippen LogP contribution in [0.1, 0.15) is 32.0 Å². The first kappa shape index (κ1) is 21.0. The SMILES string of the molecule is CCNC(=NCc1coc(-c2ccc(C)cc2)n1)NCC(C)(C)CN(C)C. The van der Waals surface area contributed by atoms with Gasteiger partial charge in [-0.05, 0) is 45.5 Å². The summed E-state index contributed by atoms with van der Waals surface area (Å²) in [6.07, 6.45) is 1.68. The van der Waals surface area contributed by atoms with Gasteiger partial charge in [-0.15, -0.1) is 0 Å². The number of nitrogens with one attached hydrogen (secondary N) is 2. The predicted octanol–water partition coefficient (Wildman–Crippen LogP) is 3.29. The Bertz CT molecular complexity index is 731. The average molecular weight is 372 g/mol. The van der Waals surface area contributed by atoms with Crippen LogP contribution in [-0.4, -0.2) is 49.6 Å². The highest BCUT2D eigenvalue weighted by Crippen LogP contribution is 2.19. The molecule has 0 atom stereocenters. The molecule has 0 saturated heterocycles. The van der Waals surface area contributed by atoms with Crippen LogP contribution in [0.3, 0.4) is 0 Å². The first-order valence-corrected chi connectivity index (χ1v) is 9.47. The van der Waals surface area contributed by atoms with E-state index >= 15 is 0 Å². The van der Waals surface area contributed by atoms with Crippen LogP contribution in [0.2, 0.25) is 0 Å². The smallest absolute Gasteiger partial charge is 0.226 e. The molecular weight excluding hydrogens is 338 g/mol. The third kappa shape index (κ3) is 7.06. The van der Waals surface area contributed by atoms with Crippen LogP contribution in [0.15, 0.2) is 39.9 Å². The molecule has 0 radical (unpaired) electrons. The van der Waals surface area contributed by atoms with Gasteiger partial charge in [-0.25, -0.2) is 9.98 Å². The molecule has 0 saturated carbocycles. The zero-order valence-electron chi connectivity index (χ0n) is 17.5. The summed E-state index contributed by atoms with van der Waals surface area (Å²) in [5, 5.41) is 6.73. The van der Waals surface area contributed by atoms with Gasteiger partial charge in [-0.3, -0.25) is 0 Å². The van der Waals surface area contributed by atoms with Crippen molar-refractivity contribution in [3.8, 4) is 11.5 Å². The maximum Gasteiger partial charge on any atom is 0.226 e. The van der Waals surface area contributed by atoms with Gasteiger partial charge < -0.3 is 20.0 Å². The molecule has 1 aromatic heterocycles. The Labute approximate surface area is 163 Å². The van der Waals surface area contributed by atoms with E-state index in [-0.39, 0.29) is 5.41 Å². The van der Waals surface area contributed by atoms with Crippen LogP contribution < -0.4 is 10.6 Å². The van der Waals surface area contributed by atoms with Crippen LogP contribution in [0.5, 0.6) is 0 Å². The topological polar surface area (TPSA) is 65.7 Å². The number of rotatable bonds is 8. The Morgan fingerprint density at radius 2 is 1.89 bits per heavy atom. The fourth-order valence-electron chi connectivity index (χ4n) is 2.95. The van der Waals surface area contributed by atoms with E-state index in [4.69, 9.17) is 4.42 Å². The first-order valence-electron chi connectivity index (χ1n) is 9.47. The first-order chi connectivity index (χ1) is 12.8. The normalized spacial score (nSPS) is 12.5. The molecule has 0 aliphatic heterocycles. The molecule has 0 bridgehead atoms. The number of nitrogens with zero attached hydrogens (tertiary/aromatic N) is 3. The monoisotopic (exact) mass is 371 g/mol. The second kappa shape index (κ2) is 9.55. The van der Waals surface area contributed by atoms with Crippen LogP contribution in [-0.2, 0) is 6.54 Å². The van der Waals surface area contributed by atoms with Crippen molar-refractivity contribution in [1.29, 1.82) is 0 Å². The number of oxazole rings is 1.